The third kappa shape index (κ3) is 2.63. The van der Waals surface area contributed by atoms with Gasteiger partial charge in [-0.15, -0.1) is 0 Å². The van der Waals surface area contributed by atoms with Crippen LogP contribution < -0.4 is 0 Å². The Hall–Kier alpha value is -3.07. The van der Waals surface area contributed by atoms with E-state index in [4.69, 9.17) is 9.97 Å². The predicted octanol–water partition coefficient (Wildman–Crippen LogP) is 3.79. The van der Waals surface area contributed by atoms with E-state index in [2.05, 4.69) is 23.1 Å². The molecule has 3 aromatic rings. The molecule has 0 N–H and O–H groups in total. The second kappa shape index (κ2) is 6.71. The Morgan fingerprint density at radius 3 is 2.62 bits per heavy atom. The Morgan fingerprint density at radius 1 is 1.00 bits per heavy atom. The van der Waals surface area contributed by atoms with Gasteiger partial charge in [-0.3, -0.25) is 0 Å². The number of carbonyl (C=O) groups excluding carboxylic acids is 2. The van der Waals surface area contributed by atoms with Crippen molar-refractivity contribution in [2.24, 2.45) is 0 Å². The summed E-state index contributed by atoms with van der Waals surface area (Å²) in [6.45, 7) is 1.82. The molecule has 0 unspecified atom stereocenters. The van der Waals surface area contributed by atoms with Gasteiger partial charge in [0, 0.05) is 0 Å². The molecule has 0 bridgehead atoms. The number of allylic oxidation sites excluding steroid dienone is 6. The van der Waals surface area contributed by atoms with Crippen LogP contribution >= 0.6 is 0 Å². The predicted molar refractivity (Wildman–Crippen MR) is 122 cm³/mol. The molecule has 1 aliphatic heterocycles. The van der Waals surface area contributed by atoms with Crippen LogP contribution in [-0.4, -0.2) is 46.9 Å². The third-order valence-electron chi connectivity index (χ3n) is 6.60. The van der Waals surface area contributed by atoms with E-state index >= 15 is 0 Å². The van der Waals surface area contributed by atoms with Crippen molar-refractivity contribution in [2.75, 3.05) is 0 Å². The van der Waals surface area contributed by atoms with Gasteiger partial charge in [0.1, 0.15) is 0 Å². The summed E-state index contributed by atoms with van der Waals surface area (Å²) in [5, 5.41) is 0. The zero-order valence-electron chi connectivity index (χ0n) is 17.1. The van der Waals surface area contributed by atoms with Crippen molar-refractivity contribution >= 4 is 47.1 Å². The van der Waals surface area contributed by atoms with Crippen molar-refractivity contribution in [1.82, 2.24) is 14.9 Å². The van der Waals surface area contributed by atoms with E-state index in [1.54, 1.807) is 33.9 Å². The summed E-state index contributed by atoms with van der Waals surface area (Å²) in [5.41, 5.74) is 8.26. The van der Waals surface area contributed by atoms with E-state index < -0.39 is 20.4 Å². The summed E-state index contributed by atoms with van der Waals surface area (Å²) < 4.78 is 2.79. The van der Waals surface area contributed by atoms with Crippen LogP contribution in [0.5, 0.6) is 0 Å². The number of nitrogens with zero attached hydrogens (tertiary/aromatic N) is 3. The summed E-state index contributed by atoms with van der Waals surface area (Å²) in [5.74, 6) is -0.325. The molecule has 3 aliphatic carbocycles. The Labute approximate surface area is 194 Å². The molecule has 0 spiro atoms. The van der Waals surface area contributed by atoms with Gasteiger partial charge in [-0.25, -0.2) is 0 Å². The van der Waals surface area contributed by atoms with Gasteiger partial charge in [-0.2, -0.15) is 0 Å². The monoisotopic (exact) mass is 533 g/mol. The van der Waals surface area contributed by atoms with E-state index in [9.17, 15) is 9.59 Å². The van der Waals surface area contributed by atoms with Crippen LogP contribution in [-0.2, 0) is 19.5 Å². The van der Waals surface area contributed by atoms with Gasteiger partial charge >= 0.3 is 195 Å². The first-order valence-electron chi connectivity index (χ1n) is 10.7. The van der Waals surface area contributed by atoms with E-state index in [-0.39, 0.29) is 17.1 Å². The number of hydrogen-bond donors (Lipinski definition) is 0. The molecular formula is C26H17N3O2Te. The first-order valence-corrected chi connectivity index (χ1v) is 13.0. The Morgan fingerprint density at radius 2 is 1.81 bits per heavy atom. The summed E-state index contributed by atoms with van der Waals surface area (Å²) >= 11 is -0.455. The molecule has 0 amide bonds. The van der Waals surface area contributed by atoms with Gasteiger partial charge in [0.05, 0.1) is 0 Å². The standard InChI is InChI=1S/C26H17N3O2Te/c30-24-16-4-1-2-5-17(16)25(31)18(24)11-14-8-9-15(10-14)29-12-19-22(13-29)32-26-23(19)27-20-6-3-7-21(20)28-26/h1-5,7-9,11H,6,10,12-13H2. The van der Waals surface area contributed by atoms with Crippen LogP contribution in [0.3, 0.4) is 0 Å². The van der Waals surface area contributed by atoms with Crippen LogP contribution in [0.4, 0.5) is 0 Å². The summed E-state index contributed by atoms with van der Waals surface area (Å²) in [4.78, 5) is 37.7. The average molecular weight is 531 g/mol. The molecular weight excluding hydrogens is 514 g/mol. The first-order chi connectivity index (χ1) is 15.7. The van der Waals surface area contributed by atoms with E-state index in [1.807, 2.05) is 6.08 Å². The molecule has 0 radical (unpaired) electrons. The zero-order valence-corrected chi connectivity index (χ0v) is 19.4. The molecule has 0 atom stereocenters. The fourth-order valence-electron chi connectivity index (χ4n) is 4.96. The number of benzene rings is 1. The summed E-state index contributed by atoms with van der Waals surface area (Å²) in [7, 11) is 0. The fraction of sp³-hybridized carbons (Fsp3) is 0.154. The normalized spacial score (nSPS) is 18.4. The third-order valence-corrected chi connectivity index (χ3v) is 9.74. The number of hydrogen-bond acceptors (Lipinski definition) is 5. The second-order valence-corrected chi connectivity index (χ2v) is 11.6. The Bertz CT molecular complexity index is 1480. The Balaban J connectivity index is 1.11. The number of Topliss-reactive ketones (excluding diaryl/α,β-unsaturated/α-hetero) is 2. The molecule has 3 heterocycles. The van der Waals surface area contributed by atoms with E-state index in [0.29, 0.717) is 11.1 Å². The van der Waals surface area contributed by atoms with E-state index in [1.165, 1.54) is 14.8 Å². The molecule has 2 aromatic heterocycles. The average Bonchev–Trinajstić information content (AvgIpc) is 3.60. The molecule has 0 saturated heterocycles. The van der Waals surface area contributed by atoms with Crippen LogP contribution in [0, 0.1) is 0 Å². The van der Waals surface area contributed by atoms with Gasteiger partial charge in [0.15, 0.2) is 0 Å². The van der Waals surface area contributed by atoms with Crippen LogP contribution in [0.1, 0.15) is 47.7 Å². The van der Waals surface area contributed by atoms with Crippen LogP contribution in [0.25, 0.3) is 15.1 Å². The minimum atomic E-state index is -0.455. The number of carbonyl (C=O) groups is 2. The van der Waals surface area contributed by atoms with Crippen molar-refractivity contribution in [3.8, 4) is 0 Å². The molecule has 4 aliphatic rings. The van der Waals surface area contributed by atoms with Crippen molar-refractivity contribution in [3.63, 3.8) is 0 Å². The van der Waals surface area contributed by atoms with Crippen molar-refractivity contribution < 1.29 is 9.59 Å². The molecule has 5 nitrogen and oxygen atoms in total. The van der Waals surface area contributed by atoms with Crippen molar-refractivity contribution in [1.29, 1.82) is 0 Å². The first kappa shape index (κ1) is 18.5. The quantitative estimate of drug-likeness (QED) is 0.286. The number of rotatable bonds is 2. The number of aromatic nitrogens is 2. The summed E-state index contributed by atoms with van der Waals surface area (Å²) in [6, 6.07) is 7.07. The molecule has 6 heteroatoms. The maximum atomic E-state index is 12.7. The van der Waals surface area contributed by atoms with E-state index in [0.717, 1.165) is 48.4 Å². The molecule has 32 heavy (non-hydrogen) atoms. The SMILES string of the molecule is O=C1C(=CC2=CC=C(N3Cc4[te]c5nc6c(nc5c4C3)CC=C6)C2)C(=O)c2ccccc21. The number of fused-ring (bicyclic) bond motifs is 5. The fourth-order valence-corrected chi connectivity index (χ4v) is 8.24. The minimum absolute atomic E-state index is 0.162. The maximum absolute atomic E-state index is 12.7. The van der Waals surface area contributed by atoms with Gasteiger partial charge in [-0.1, -0.05) is 0 Å². The zero-order chi connectivity index (χ0) is 21.4. The van der Waals surface area contributed by atoms with Crippen molar-refractivity contribution in [2.45, 2.75) is 25.9 Å². The van der Waals surface area contributed by atoms with Gasteiger partial charge in [-0.05, 0) is 0 Å². The molecule has 0 saturated carbocycles. The van der Waals surface area contributed by atoms with Gasteiger partial charge < -0.3 is 0 Å². The molecule has 7 rings (SSSR count). The van der Waals surface area contributed by atoms with Crippen LogP contribution in [0.2, 0.25) is 0 Å². The van der Waals surface area contributed by atoms with Gasteiger partial charge in [0.2, 0.25) is 0 Å². The van der Waals surface area contributed by atoms with Gasteiger partial charge in [0.25, 0.3) is 0 Å². The number of ketones is 2. The molecule has 0 fully saturated rings. The summed E-state index contributed by atoms with van der Waals surface area (Å²) in [6.07, 6.45) is 11.8. The molecule has 154 valence electrons. The van der Waals surface area contributed by atoms with Crippen molar-refractivity contribution in [3.05, 3.63) is 97.1 Å². The topological polar surface area (TPSA) is 63.2 Å². The van der Waals surface area contributed by atoms with Crippen LogP contribution in [0.15, 0.2) is 65.4 Å². The molecule has 1 aromatic carbocycles. The second-order valence-electron chi connectivity index (χ2n) is 8.51. The Kier molecular flexibility index (Phi) is 3.88.